The van der Waals surface area contributed by atoms with Gasteiger partial charge in [0.25, 0.3) is 0 Å². The topological polar surface area (TPSA) is 73.2 Å². The molecule has 2 rings (SSSR count). The van der Waals surface area contributed by atoms with Gasteiger partial charge in [-0.05, 0) is 30.7 Å². The largest absolute Gasteiger partial charge is 0.462 e. The van der Waals surface area contributed by atoms with Crippen molar-refractivity contribution in [2.45, 2.75) is 6.92 Å². The molecule has 1 aromatic carbocycles. The molecule has 120 valence electrons. The van der Waals surface area contributed by atoms with Crippen molar-refractivity contribution in [1.82, 2.24) is 9.78 Å². The molecular weight excluding hydrogens is 318 g/mol. The highest BCUT2D eigenvalue weighted by molar-refractivity contribution is 6.30. The summed E-state index contributed by atoms with van der Waals surface area (Å²) in [6, 6.07) is 7.05. The summed E-state index contributed by atoms with van der Waals surface area (Å²) < 4.78 is 6.33. The van der Waals surface area contributed by atoms with E-state index in [4.69, 9.17) is 16.3 Å². The number of hydrogen-bond donors (Lipinski definition) is 1. The highest BCUT2D eigenvalue weighted by Gasteiger charge is 2.18. The van der Waals surface area contributed by atoms with E-state index in [0.717, 1.165) is 5.56 Å². The smallest absolute Gasteiger partial charge is 0.343 e. The second-order valence-corrected chi connectivity index (χ2v) is 5.06. The number of anilines is 1. The van der Waals surface area contributed by atoms with E-state index in [9.17, 15) is 9.59 Å². The monoisotopic (exact) mass is 333 g/mol. The fraction of sp³-hybridized carbons (Fsp3) is 0.188. The molecule has 1 N–H and O–H groups in total. The standard InChI is InChI=1S/C16H16ClN3O3/c1-3-23-16(22)13-10-18-20(2)15(13)19-14(21)9-6-11-4-7-12(17)8-5-11/h4-10H,3H2,1-2H3,(H,19,21)/b9-6+. The van der Waals surface area contributed by atoms with Gasteiger partial charge in [0.15, 0.2) is 0 Å². The Labute approximate surface area is 138 Å². The molecule has 1 aromatic heterocycles. The van der Waals surface area contributed by atoms with E-state index in [1.807, 2.05) is 0 Å². The third-order valence-corrected chi connectivity index (χ3v) is 3.22. The number of rotatable bonds is 5. The maximum absolute atomic E-state index is 12.0. The third-order valence-electron chi connectivity index (χ3n) is 2.97. The number of carbonyl (C=O) groups excluding carboxylic acids is 2. The Bertz CT molecular complexity index is 736. The Morgan fingerprint density at radius 2 is 2.04 bits per heavy atom. The second kappa shape index (κ2) is 7.60. The average Bonchev–Trinajstić information content (AvgIpc) is 2.88. The number of amides is 1. The average molecular weight is 334 g/mol. The fourth-order valence-electron chi connectivity index (χ4n) is 1.85. The first-order chi connectivity index (χ1) is 11.0. The van der Waals surface area contributed by atoms with E-state index in [-0.39, 0.29) is 23.9 Å². The number of halogens is 1. The molecule has 1 amide bonds. The van der Waals surface area contributed by atoms with Crippen molar-refractivity contribution in [3.63, 3.8) is 0 Å². The van der Waals surface area contributed by atoms with Crippen molar-refractivity contribution in [3.05, 3.63) is 52.7 Å². The molecule has 0 spiro atoms. The fourth-order valence-corrected chi connectivity index (χ4v) is 1.97. The maximum Gasteiger partial charge on any atom is 0.343 e. The lowest BCUT2D eigenvalue weighted by atomic mass is 10.2. The summed E-state index contributed by atoms with van der Waals surface area (Å²) in [4.78, 5) is 23.8. The number of carbonyl (C=O) groups is 2. The Hall–Kier alpha value is -2.60. The molecule has 6 nitrogen and oxygen atoms in total. The van der Waals surface area contributed by atoms with E-state index in [1.165, 1.54) is 17.0 Å². The Morgan fingerprint density at radius 1 is 1.35 bits per heavy atom. The van der Waals surface area contributed by atoms with Gasteiger partial charge in [-0.3, -0.25) is 9.48 Å². The summed E-state index contributed by atoms with van der Waals surface area (Å²) in [5.74, 6) is -0.624. The second-order valence-electron chi connectivity index (χ2n) is 4.63. The number of ether oxygens (including phenoxy) is 1. The van der Waals surface area contributed by atoms with E-state index in [0.29, 0.717) is 5.02 Å². The molecule has 0 unspecified atom stereocenters. The van der Waals surface area contributed by atoms with Crippen LogP contribution in [0, 0.1) is 0 Å². The van der Waals surface area contributed by atoms with Crippen molar-refractivity contribution < 1.29 is 14.3 Å². The van der Waals surface area contributed by atoms with Gasteiger partial charge in [-0.25, -0.2) is 4.79 Å². The van der Waals surface area contributed by atoms with Crippen LogP contribution in [0.4, 0.5) is 5.82 Å². The Morgan fingerprint density at radius 3 is 2.70 bits per heavy atom. The van der Waals surface area contributed by atoms with Crippen LogP contribution in [-0.4, -0.2) is 28.3 Å². The highest BCUT2D eigenvalue weighted by Crippen LogP contribution is 2.16. The van der Waals surface area contributed by atoms with Gasteiger partial charge in [0.1, 0.15) is 11.4 Å². The molecule has 7 heteroatoms. The van der Waals surface area contributed by atoms with Crippen LogP contribution < -0.4 is 5.32 Å². The summed E-state index contributed by atoms with van der Waals surface area (Å²) in [7, 11) is 1.63. The van der Waals surface area contributed by atoms with Gasteiger partial charge in [-0.2, -0.15) is 5.10 Å². The SMILES string of the molecule is CCOC(=O)c1cnn(C)c1NC(=O)/C=C/c1ccc(Cl)cc1. The number of nitrogens with one attached hydrogen (secondary N) is 1. The quantitative estimate of drug-likeness (QED) is 0.674. The summed E-state index contributed by atoms with van der Waals surface area (Å²) in [6.45, 7) is 1.96. The number of hydrogen-bond acceptors (Lipinski definition) is 4. The highest BCUT2D eigenvalue weighted by atomic mass is 35.5. The normalized spacial score (nSPS) is 10.7. The van der Waals surface area contributed by atoms with Crippen molar-refractivity contribution in [1.29, 1.82) is 0 Å². The predicted molar refractivity (Wildman–Crippen MR) is 88.3 cm³/mol. The molecule has 0 bridgehead atoms. The van der Waals surface area contributed by atoms with E-state index < -0.39 is 5.97 Å². The van der Waals surface area contributed by atoms with Gasteiger partial charge < -0.3 is 10.1 Å². The third kappa shape index (κ3) is 4.43. The van der Waals surface area contributed by atoms with E-state index in [1.54, 1.807) is 44.3 Å². The summed E-state index contributed by atoms with van der Waals surface area (Å²) in [5.41, 5.74) is 1.04. The first-order valence-corrected chi connectivity index (χ1v) is 7.32. The zero-order chi connectivity index (χ0) is 16.8. The number of nitrogens with zero attached hydrogens (tertiary/aromatic N) is 2. The van der Waals surface area contributed by atoms with Crippen LogP contribution in [-0.2, 0) is 16.6 Å². The predicted octanol–water partition coefficient (Wildman–Crippen LogP) is 2.90. The van der Waals surface area contributed by atoms with Crippen LogP contribution in [0.15, 0.2) is 36.5 Å². The lowest BCUT2D eigenvalue weighted by Crippen LogP contribution is -2.15. The minimum Gasteiger partial charge on any atom is -0.462 e. The van der Waals surface area contributed by atoms with E-state index >= 15 is 0 Å². The van der Waals surface area contributed by atoms with Crippen molar-refractivity contribution in [2.24, 2.45) is 7.05 Å². The van der Waals surface area contributed by atoms with Crippen LogP contribution in [0.25, 0.3) is 6.08 Å². The summed E-state index contributed by atoms with van der Waals surface area (Å²) in [5, 5.41) is 7.22. The first kappa shape index (κ1) is 16.8. The molecule has 0 atom stereocenters. The molecule has 2 aromatic rings. The number of aromatic nitrogens is 2. The first-order valence-electron chi connectivity index (χ1n) is 6.95. The maximum atomic E-state index is 12.0. The lowest BCUT2D eigenvalue weighted by molar-refractivity contribution is -0.111. The minimum absolute atomic E-state index is 0.211. The molecule has 0 saturated heterocycles. The van der Waals surface area contributed by atoms with Crippen molar-refractivity contribution in [3.8, 4) is 0 Å². The zero-order valence-electron chi connectivity index (χ0n) is 12.7. The molecule has 0 aliphatic heterocycles. The van der Waals surface area contributed by atoms with Gasteiger partial charge in [0.2, 0.25) is 5.91 Å². The van der Waals surface area contributed by atoms with Crippen molar-refractivity contribution >= 4 is 35.4 Å². The molecule has 0 aliphatic rings. The number of aryl methyl sites for hydroxylation is 1. The van der Waals surface area contributed by atoms with Gasteiger partial charge >= 0.3 is 5.97 Å². The molecule has 1 heterocycles. The molecule has 0 aliphatic carbocycles. The molecule has 23 heavy (non-hydrogen) atoms. The summed E-state index contributed by atoms with van der Waals surface area (Å²) >= 11 is 5.80. The molecule has 0 fully saturated rings. The number of benzene rings is 1. The van der Waals surface area contributed by atoms with Crippen LogP contribution >= 0.6 is 11.6 Å². The summed E-state index contributed by atoms with van der Waals surface area (Å²) in [6.07, 6.45) is 4.37. The van der Waals surface area contributed by atoms with Crippen LogP contribution in [0.5, 0.6) is 0 Å². The minimum atomic E-state index is -0.530. The Balaban J connectivity index is 2.09. The van der Waals surface area contributed by atoms with Crippen LogP contribution in [0.1, 0.15) is 22.8 Å². The van der Waals surface area contributed by atoms with E-state index in [2.05, 4.69) is 10.4 Å². The van der Waals surface area contributed by atoms with Crippen molar-refractivity contribution in [2.75, 3.05) is 11.9 Å². The Kier molecular flexibility index (Phi) is 5.54. The van der Waals surface area contributed by atoms with Gasteiger partial charge in [0.05, 0.1) is 12.8 Å². The zero-order valence-corrected chi connectivity index (χ0v) is 13.5. The van der Waals surface area contributed by atoms with Gasteiger partial charge in [0, 0.05) is 18.1 Å². The molecular formula is C16H16ClN3O3. The van der Waals surface area contributed by atoms with Gasteiger partial charge in [-0.1, -0.05) is 23.7 Å². The molecule has 0 saturated carbocycles. The number of esters is 1. The lowest BCUT2D eigenvalue weighted by Gasteiger charge is -2.06. The van der Waals surface area contributed by atoms with Crippen LogP contribution in [0.2, 0.25) is 5.02 Å². The molecule has 0 radical (unpaired) electrons. The van der Waals surface area contributed by atoms with Crippen LogP contribution in [0.3, 0.4) is 0 Å². The van der Waals surface area contributed by atoms with Gasteiger partial charge in [-0.15, -0.1) is 0 Å².